The molecule has 1 saturated carbocycles. The number of nitrogens with zero attached hydrogens (tertiary/aromatic N) is 3. The number of imidazole rings is 2. The third-order valence-electron chi connectivity index (χ3n) is 11.4. The Balaban J connectivity index is 1.05. The van der Waals surface area contributed by atoms with Crippen molar-refractivity contribution >= 4 is 24.0 Å². The number of aromatic nitrogens is 4. The van der Waals surface area contributed by atoms with Crippen molar-refractivity contribution in [3.8, 4) is 39.4 Å². The number of rotatable bonds is 11. The fourth-order valence-corrected chi connectivity index (χ4v) is 8.38. The number of hydrogen-bond acceptors (Lipinski definition) is 8. The number of nitrogens with one attached hydrogen (secondary N) is 5. The number of fused-ring (bicyclic) bond motifs is 3. The second-order valence-corrected chi connectivity index (χ2v) is 15.9. The van der Waals surface area contributed by atoms with Crippen LogP contribution in [0.3, 0.4) is 0 Å². The van der Waals surface area contributed by atoms with Crippen molar-refractivity contribution in [2.24, 2.45) is 11.8 Å². The Labute approximate surface area is 331 Å². The van der Waals surface area contributed by atoms with Crippen molar-refractivity contribution in [3.63, 3.8) is 0 Å². The quantitative estimate of drug-likeness (QED) is 0.103. The van der Waals surface area contributed by atoms with E-state index in [1.165, 1.54) is 7.11 Å². The van der Waals surface area contributed by atoms with Gasteiger partial charge in [-0.1, -0.05) is 64.4 Å². The fraction of sp³-hybridized carbons (Fsp3) is 0.476. The fourth-order valence-electron chi connectivity index (χ4n) is 8.38. The van der Waals surface area contributed by atoms with E-state index in [1.54, 1.807) is 0 Å². The van der Waals surface area contributed by atoms with Gasteiger partial charge in [-0.05, 0) is 66.3 Å². The maximum Gasteiger partial charge on any atom is 0.407 e. The van der Waals surface area contributed by atoms with Crippen molar-refractivity contribution < 1.29 is 33.8 Å². The number of carboxylic acid groups (broad SMARTS) is 1. The van der Waals surface area contributed by atoms with Crippen LogP contribution in [0.1, 0.15) is 89.1 Å². The van der Waals surface area contributed by atoms with Crippen molar-refractivity contribution in [2.45, 2.75) is 96.3 Å². The second kappa shape index (κ2) is 16.7. The van der Waals surface area contributed by atoms with Crippen LogP contribution in [-0.4, -0.2) is 92.3 Å². The van der Waals surface area contributed by atoms with Crippen molar-refractivity contribution in [2.75, 3.05) is 20.3 Å². The van der Waals surface area contributed by atoms with Gasteiger partial charge in [0.15, 0.2) is 0 Å². The number of ether oxygens (including phenoxy) is 2. The van der Waals surface area contributed by atoms with E-state index >= 15 is 0 Å². The third kappa shape index (κ3) is 8.33. The number of benzene rings is 2. The van der Waals surface area contributed by atoms with Crippen LogP contribution in [0.5, 0.6) is 5.75 Å². The lowest BCUT2D eigenvalue weighted by atomic mass is 9.99. The van der Waals surface area contributed by atoms with E-state index < -0.39 is 24.3 Å². The minimum absolute atomic E-state index is 0.00235. The van der Waals surface area contributed by atoms with E-state index in [2.05, 4.69) is 56.3 Å². The number of carbonyl (C=O) groups is 4. The van der Waals surface area contributed by atoms with Crippen LogP contribution >= 0.6 is 0 Å². The van der Waals surface area contributed by atoms with Crippen molar-refractivity contribution in [1.29, 1.82) is 0 Å². The Morgan fingerprint density at radius 1 is 0.895 bits per heavy atom. The molecular formula is C42H52N8O7. The van der Waals surface area contributed by atoms with Crippen LogP contribution in [0.25, 0.3) is 33.6 Å². The van der Waals surface area contributed by atoms with Crippen molar-refractivity contribution in [1.82, 2.24) is 40.8 Å². The molecule has 4 amide bonds. The van der Waals surface area contributed by atoms with Gasteiger partial charge in [0, 0.05) is 36.2 Å². The molecule has 1 saturated heterocycles. The number of carbonyl (C=O) groups excluding carboxylic acids is 3. The van der Waals surface area contributed by atoms with E-state index in [1.807, 2.05) is 50.9 Å². The number of alkyl carbamates (subject to hydrolysis) is 1. The molecule has 0 spiro atoms. The number of likely N-dealkylation sites (tertiary alicyclic amines) is 1. The van der Waals surface area contributed by atoms with Gasteiger partial charge < -0.3 is 45.4 Å². The number of methoxy groups -OCH3 is 1. The molecule has 1 aliphatic carbocycles. The second-order valence-electron chi connectivity index (χ2n) is 15.9. The summed E-state index contributed by atoms with van der Waals surface area (Å²) in [5.41, 5.74) is 6.54. The molecular weight excluding hydrogens is 729 g/mol. The molecule has 0 unspecified atom stereocenters. The number of aromatic amines is 2. The minimum Gasteiger partial charge on any atom is -0.492 e. The summed E-state index contributed by atoms with van der Waals surface area (Å²) in [6.45, 7) is 8.50. The molecule has 0 bridgehead atoms. The Morgan fingerprint density at radius 3 is 2.35 bits per heavy atom. The maximum absolute atomic E-state index is 13.7. The van der Waals surface area contributed by atoms with E-state index in [4.69, 9.17) is 19.4 Å². The number of amides is 4. The number of H-pyrrole nitrogens is 2. The van der Waals surface area contributed by atoms with Gasteiger partial charge in [0.05, 0.1) is 37.3 Å². The predicted octanol–water partition coefficient (Wildman–Crippen LogP) is 6.16. The van der Waals surface area contributed by atoms with E-state index in [-0.39, 0.29) is 41.7 Å². The standard InChI is InChI=1S/C42H52N8O7/c1-22(2)34(48-41(53)54)39(51)46-29-9-6-8-27(29)37-43-21-31(45-37)25-13-11-24(12-14-25)26-15-16-28-33(20-26)57-19-17-30-36(28)47-38(44-30)32-10-7-18-50(32)40(52)35(23(3)4)49-42(55)56-5/h11-16,20-23,27,29,32,34-35,48H,6-10,17-19H2,1-5H3,(H,43,45)(H,44,47)(H,46,51)(H,49,55)(H,53,54)/t27-,29+,32+,34+,35+/m1/s1. The van der Waals surface area contributed by atoms with Gasteiger partial charge >= 0.3 is 12.2 Å². The first-order chi connectivity index (χ1) is 27.4. The molecule has 2 fully saturated rings. The molecule has 7 rings (SSSR count). The summed E-state index contributed by atoms with van der Waals surface area (Å²) in [5.74, 6) is 1.51. The Hall–Kier alpha value is -5.86. The molecule has 4 heterocycles. The summed E-state index contributed by atoms with van der Waals surface area (Å²) in [7, 11) is 1.29. The highest BCUT2D eigenvalue weighted by Gasteiger charge is 2.39. The average Bonchev–Trinajstić information content (AvgIpc) is 4.02. The van der Waals surface area contributed by atoms with Crippen LogP contribution in [0.2, 0.25) is 0 Å². The largest absolute Gasteiger partial charge is 0.492 e. The Bertz CT molecular complexity index is 2110. The molecule has 15 heteroatoms. The predicted molar refractivity (Wildman–Crippen MR) is 212 cm³/mol. The summed E-state index contributed by atoms with van der Waals surface area (Å²) in [6, 6.07) is 12.5. The lowest BCUT2D eigenvalue weighted by molar-refractivity contribution is -0.135. The van der Waals surface area contributed by atoms with Gasteiger partial charge in [-0.15, -0.1) is 0 Å². The lowest BCUT2D eigenvalue weighted by Gasteiger charge is -2.30. The molecule has 2 aliphatic heterocycles. The van der Waals surface area contributed by atoms with Crippen molar-refractivity contribution in [3.05, 3.63) is 66.0 Å². The highest BCUT2D eigenvalue weighted by molar-refractivity contribution is 5.87. The van der Waals surface area contributed by atoms with Gasteiger partial charge in [-0.2, -0.15) is 0 Å². The molecule has 2 aromatic heterocycles. The van der Waals surface area contributed by atoms with Crippen LogP contribution in [-0.2, 0) is 20.7 Å². The molecule has 3 aliphatic rings. The van der Waals surface area contributed by atoms with Crippen LogP contribution in [0.4, 0.5) is 9.59 Å². The third-order valence-corrected chi connectivity index (χ3v) is 11.4. The molecule has 0 radical (unpaired) electrons. The maximum atomic E-state index is 13.7. The van der Waals surface area contributed by atoms with E-state index in [0.29, 0.717) is 19.6 Å². The van der Waals surface area contributed by atoms with Crippen LogP contribution in [0, 0.1) is 11.8 Å². The summed E-state index contributed by atoms with van der Waals surface area (Å²) >= 11 is 0. The zero-order chi connectivity index (χ0) is 40.4. The van der Waals surface area contributed by atoms with Gasteiger partial charge in [0.25, 0.3) is 0 Å². The average molecular weight is 781 g/mol. The smallest absolute Gasteiger partial charge is 0.407 e. The summed E-state index contributed by atoms with van der Waals surface area (Å²) in [4.78, 5) is 68.7. The first-order valence-electron chi connectivity index (χ1n) is 19.9. The lowest BCUT2D eigenvalue weighted by Crippen LogP contribution is -2.52. The highest BCUT2D eigenvalue weighted by atomic mass is 16.5. The van der Waals surface area contributed by atoms with E-state index in [0.717, 1.165) is 88.8 Å². The van der Waals surface area contributed by atoms with Crippen LogP contribution in [0.15, 0.2) is 48.7 Å². The molecule has 6 N–H and O–H groups in total. The summed E-state index contributed by atoms with van der Waals surface area (Å²) in [5, 5.41) is 17.4. The molecule has 2 aromatic carbocycles. The molecule has 4 aromatic rings. The summed E-state index contributed by atoms with van der Waals surface area (Å²) < 4.78 is 11.0. The van der Waals surface area contributed by atoms with Gasteiger partial charge in [-0.25, -0.2) is 19.6 Å². The highest BCUT2D eigenvalue weighted by Crippen LogP contribution is 2.40. The normalized spacial score (nSPS) is 19.9. The Morgan fingerprint density at radius 2 is 1.63 bits per heavy atom. The van der Waals surface area contributed by atoms with E-state index in [9.17, 15) is 24.3 Å². The topological polar surface area (TPSA) is 204 Å². The minimum atomic E-state index is -1.22. The number of hydrogen-bond donors (Lipinski definition) is 6. The molecule has 302 valence electrons. The SMILES string of the molecule is COC(=O)N[C@H](C(=O)N1CCC[C@H]1c1nc2c([nH]1)CCOc1cc(-c3ccc(-c4cnc([C@@H]5CCC[C@@H]5NC(=O)[C@@H](NC(=O)O)C(C)C)[nH]4)cc3)ccc1-2)C(C)C. The molecule has 5 atom stereocenters. The van der Waals surface area contributed by atoms with Crippen LogP contribution < -0.4 is 20.7 Å². The zero-order valence-corrected chi connectivity index (χ0v) is 33.1. The first kappa shape index (κ1) is 39.4. The zero-order valence-electron chi connectivity index (χ0n) is 33.1. The first-order valence-corrected chi connectivity index (χ1v) is 19.9. The Kier molecular flexibility index (Phi) is 11.5. The molecule has 57 heavy (non-hydrogen) atoms. The summed E-state index contributed by atoms with van der Waals surface area (Å²) in [6.07, 6.45) is 4.81. The van der Waals surface area contributed by atoms with Gasteiger partial charge in [-0.3, -0.25) is 9.59 Å². The molecule has 15 nitrogen and oxygen atoms in total. The monoisotopic (exact) mass is 780 g/mol. The van der Waals surface area contributed by atoms with Gasteiger partial charge in [0.1, 0.15) is 29.5 Å². The van der Waals surface area contributed by atoms with Gasteiger partial charge in [0.2, 0.25) is 11.8 Å².